The molecule has 2 atom stereocenters. The molecule has 1 aromatic rings. The largest absolute Gasteiger partial charge is 0.413 e. The molecular weight excluding hydrogens is 328 g/mol. The number of ether oxygens (including phenoxy) is 1. The first-order valence-electron chi connectivity index (χ1n) is 9.50. The lowest BCUT2D eigenvalue weighted by atomic mass is 10.1. The maximum Gasteiger partial charge on any atom is 0.200 e. The van der Waals surface area contributed by atoms with Gasteiger partial charge in [0, 0.05) is 5.92 Å². The lowest BCUT2D eigenvalue weighted by Gasteiger charge is -2.43. The second-order valence-electron chi connectivity index (χ2n) is 7.96. The van der Waals surface area contributed by atoms with Crippen molar-refractivity contribution in [3.63, 3.8) is 0 Å². The highest BCUT2D eigenvalue weighted by atomic mass is 28.4. The second-order valence-corrected chi connectivity index (χ2v) is 13.4. The first-order valence-corrected chi connectivity index (χ1v) is 11.6. The van der Waals surface area contributed by atoms with Crippen molar-refractivity contribution in [1.82, 2.24) is 0 Å². The van der Waals surface area contributed by atoms with Crippen LogP contribution >= 0.6 is 0 Å². The molecule has 0 N–H and O–H groups in total. The van der Waals surface area contributed by atoms with E-state index in [-0.39, 0.29) is 12.0 Å². The fourth-order valence-corrected chi connectivity index (χ4v) is 9.40. The van der Waals surface area contributed by atoms with E-state index in [0.29, 0.717) is 29.8 Å². The Bertz CT molecular complexity index is 477. The summed E-state index contributed by atoms with van der Waals surface area (Å²) in [5.41, 5.74) is 2.68. The number of carbonyl (C=O) groups excluding carboxylic acids is 1. The van der Waals surface area contributed by atoms with Gasteiger partial charge in [-0.3, -0.25) is 0 Å². The molecule has 0 aromatic heterocycles. The van der Waals surface area contributed by atoms with Crippen molar-refractivity contribution in [2.24, 2.45) is 5.92 Å². The number of hydrogen-bond donors (Lipinski definition) is 0. The fourth-order valence-electron chi connectivity index (χ4n) is 3.94. The molecule has 0 saturated carbocycles. The van der Waals surface area contributed by atoms with Gasteiger partial charge in [-0.25, -0.2) is 0 Å². The molecule has 0 aliphatic rings. The molecule has 0 radical (unpaired) electrons. The van der Waals surface area contributed by atoms with Gasteiger partial charge in [-0.1, -0.05) is 78.8 Å². The summed E-state index contributed by atoms with van der Waals surface area (Å²) in [6, 6.07) is 10.1. The second kappa shape index (κ2) is 10.2. The van der Waals surface area contributed by atoms with E-state index in [1.807, 2.05) is 37.3 Å². The van der Waals surface area contributed by atoms with Crippen LogP contribution in [0.1, 0.15) is 54.0 Å². The van der Waals surface area contributed by atoms with Crippen LogP contribution in [0.15, 0.2) is 30.3 Å². The van der Waals surface area contributed by atoms with Gasteiger partial charge in [-0.2, -0.15) is 0 Å². The summed E-state index contributed by atoms with van der Waals surface area (Å²) in [6.07, 6.45) is 0.767. The van der Waals surface area contributed by atoms with Gasteiger partial charge in [0.1, 0.15) is 6.29 Å². The van der Waals surface area contributed by atoms with Crippen LogP contribution in [0.3, 0.4) is 0 Å². The molecule has 3 nitrogen and oxygen atoms in total. The van der Waals surface area contributed by atoms with Crippen molar-refractivity contribution < 1.29 is 14.0 Å². The Morgan fingerprint density at radius 2 is 1.44 bits per heavy atom. The van der Waals surface area contributed by atoms with E-state index >= 15 is 0 Å². The zero-order chi connectivity index (χ0) is 19.0. The molecule has 0 fully saturated rings. The van der Waals surface area contributed by atoms with Crippen LogP contribution in [0.5, 0.6) is 0 Å². The summed E-state index contributed by atoms with van der Waals surface area (Å²) in [7, 11) is -1.95. The summed E-state index contributed by atoms with van der Waals surface area (Å²) < 4.78 is 12.7. The molecule has 0 unspecified atom stereocenters. The van der Waals surface area contributed by atoms with E-state index in [1.54, 1.807) is 0 Å². The summed E-state index contributed by atoms with van der Waals surface area (Å²) in [5.74, 6) is -0.179. The highest BCUT2D eigenvalue weighted by molar-refractivity contribution is 6.77. The van der Waals surface area contributed by atoms with Crippen molar-refractivity contribution in [1.29, 1.82) is 0 Å². The number of carbonyl (C=O) groups is 1. The monoisotopic (exact) mass is 364 g/mol. The predicted molar refractivity (Wildman–Crippen MR) is 107 cm³/mol. The normalized spacial score (nSPS) is 15.0. The summed E-state index contributed by atoms with van der Waals surface area (Å²) >= 11 is 0. The van der Waals surface area contributed by atoms with Crippen LogP contribution < -0.4 is 0 Å². The number of hydrogen-bond acceptors (Lipinski definition) is 3. The van der Waals surface area contributed by atoms with Gasteiger partial charge >= 0.3 is 0 Å². The fraction of sp³-hybridized carbons (Fsp3) is 0.667. The van der Waals surface area contributed by atoms with Crippen LogP contribution in [0.2, 0.25) is 16.6 Å². The van der Waals surface area contributed by atoms with Gasteiger partial charge in [0.15, 0.2) is 8.32 Å². The molecule has 0 aliphatic carbocycles. The Kier molecular flexibility index (Phi) is 9.04. The molecule has 0 amide bonds. The van der Waals surface area contributed by atoms with Crippen molar-refractivity contribution in [3.8, 4) is 0 Å². The maximum atomic E-state index is 11.4. The Morgan fingerprint density at radius 3 is 1.88 bits per heavy atom. The Hall–Kier alpha value is -0.973. The van der Waals surface area contributed by atoms with Crippen molar-refractivity contribution >= 4 is 14.6 Å². The minimum atomic E-state index is -1.95. The minimum absolute atomic E-state index is 0.179. The predicted octanol–water partition coefficient (Wildman–Crippen LogP) is 5.60. The average molecular weight is 365 g/mol. The van der Waals surface area contributed by atoms with E-state index in [2.05, 4.69) is 41.5 Å². The molecule has 1 rings (SSSR count). The first-order chi connectivity index (χ1) is 11.8. The molecule has 1 aromatic carbocycles. The number of aldehydes is 1. The third kappa shape index (κ3) is 5.76. The van der Waals surface area contributed by atoms with Crippen LogP contribution in [0, 0.1) is 5.92 Å². The van der Waals surface area contributed by atoms with Crippen LogP contribution in [-0.4, -0.2) is 27.3 Å². The molecular formula is C21H36O3Si. The van der Waals surface area contributed by atoms with E-state index in [0.717, 1.165) is 11.8 Å². The number of benzene rings is 1. The van der Waals surface area contributed by atoms with Crippen LogP contribution in [0.25, 0.3) is 0 Å². The summed E-state index contributed by atoms with van der Waals surface area (Å²) in [6.45, 7) is 16.6. The van der Waals surface area contributed by atoms with Crippen LogP contribution in [-0.2, 0) is 20.6 Å². The number of rotatable bonds is 11. The van der Waals surface area contributed by atoms with E-state index in [1.165, 1.54) is 0 Å². The standard InChI is InChI=1S/C21H36O3Si/c1-16(2)25(17(3)4,18(5)6)24-15-21(19(7)13-22)23-14-20-11-9-8-10-12-20/h8-13,16-19,21H,14-15H2,1-7H3/t19-,21+/m1/s1. The first kappa shape index (κ1) is 22.1. The SMILES string of the molecule is CC(C)[Si](OC[C@H](OCc1ccccc1)[C@H](C)C=O)(C(C)C)C(C)C. The van der Waals surface area contributed by atoms with Gasteiger partial charge in [-0.05, 0) is 22.2 Å². The summed E-state index contributed by atoms with van der Waals surface area (Å²) in [5, 5.41) is 0. The molecule has 0 bridgehead atoms. The van der Waals surface area contributed by atoms with E-state index in [4.69, 9.17) is 9.16 Å². The van der Waals surface area contributed by atoms with Crippen molar-refractivity contribution in [2.45, 2.75) is 77.8 Å². The van der Waals surface area contributed by atoms with Crippen molar-refractivity contribution in [3.05, 3.63) is 35.9 Å². The van der Waals surface area contributed by atoms with Gasteiger partial charge in [0.25, 0.3) is 0 Å². The lowest BCUT2D eigenvalue weighted by Crippen LogP contribution is -2.49. The molecule has 25 heavy (non-hydrogen) atoms. The van der Waals surface area contributed by atoms with Crippen molar-refractivity contribution in [2.75, 3.05) is 6.61 Å². The zero-order valence-electron chi connectivity index (χ0n) is 17.0. The van der Waals surface area contributed by atoms with Gasteiger partial charge in [0.2, 0.25) is 0 Å². The molecule has 4 heteroatoms. The summed E-state index contributed by atoms with van der Waals surface area (Å²) in [4.78, 5) is 11.4. The van der Waals surface area contributed by atoms with E-state index < -0.39 is 8.32 Å². The maximum absolute atomic E-state index is 11.4. The van der Waals surface area contributed by atoms with Gasteiger partial charge < -0.3 is 14.0 Å². The van der Waals surface area contributed by atoms with Crippen LogP contribution in [0.4, 0.5) is 0 Å². The Balaban J connectivity index is 2.84. The smallest absolute Gasteiger partial charge is 0.200 e. The van der Waals surface area contributed by atoms with E-state index in [9.17, 15) is 4.79 Å². The Morgan fingerprint density at radius 1 is 0.920 bits per heavy atom. The molecule has 0 spiro atoms. The zero-order valence-corrected chi connectivity index (χ0v) is 18.0. The highest BCUT2D eigenvalue weighted by Crippen LogP contribution is 2.42. The van der Waals surface area contributed by atoms with Gasteiger partial charge in [0.05, 0.1) is 19.3 Å². The molecule has 0 saturated heterocycles. The average Bonchev–Trinajstić information content (AvgIpc) is 2.57. The van der Waals surface area contributed by atoms with Gasteiger partial charge in [-0.15, -0.1) is 0 Å². The Labute approximate surface area is 155 Å². The topological polar surface area (TPSA) is 35.5 Å². The molecule has 0 aliphatic heterocycles. The minimum Gasteiger partial charge on any atom is -0.413 e. The lowest BCUT2D eigenvalue weighted by molar-refractivity contribution is -0.117. The molecule has 142 valence electrons. The molecule has 0 heterocycles. The third-order valence-electron chi connectivity index (χ3n) is 5.31. The highest BCUT2D eigenvalue weighted by Gasteiger charge is 2.45. The quantitative estimate of drug-likeness (QED) is 0.379. The third-order valence-corrected chi connectivity index (χ3v) is 11.4.